The highest BCUT2D eigenvalue weighted by Crippen LogP contribution is 2.39. The molecule has 3 rings (SSSR count). The maximum absolute atomic E-state index is 13.2. The topological polar surface area (TPSA) is 69.6 Å². The summed E-state index contributed by atoms with van der Waals surface area (Å²) in [5.74, 6) is -0.786. The SMILES string of the molecule is CC(C)C1=CN(CCc2ccccc2C(=O)O)C(=O)N[C@@]1(C)c1ccc(CCC(C)(C)C)c(Cl)c1. The number of carbonyl (C=O) groups excluding carboxylic acids is 1. The molecule has 0 saturated heterocycles. The van der Waals surface area contributed by atoms with Gasteiger partial charge in [-0.3, -0.25) is 0 Å². The maximum atomic E-state index is 13.2. The molecule has 2 amide bonds. The first-order valence-electron chi connectivity index (χ1n) is 12.2. The minimum Gasteiger partial charge on any atom is -0.478 e. The summed E-state index contributed by atoms with van der Waals surface area (Å²) in [6.07, 6.45) is 4.32. The first-order valence-corrected chi connectivity index (χ1v) is 12.6. The zero-order valence-corrected chi connectivity index (χ0v) is 22.4. The Balaban J connectivity index is 1.87. The number of benzene rings is 2. The van der Waals surface area contributed by atoms with Crippen LogP contribution in [-0.2, 0) is 18.4 Å². The van der Waals surface area contributed by atoms with Crippen LogP contribution in [0.5, 0.6) is 0 Å². The highest BCUT2D eigenvalue weighted by atomic mass is 35.5. The lowest BCUT2D eigenvalue weighted by Gasteiger charge is -2.42. The maximum Gasteiger partial charge on any atom is 0.335 e. The number of urea groups is 1. The van der Waals surface area contributed by atoms with Gasteiger partial charge in [0.1, 0.15) is 0 Å². The molecule has 0 saturated carbocycles. The number of rotatable bonds is 8. The van der Waals surface area contributed by atoms with Crippen LogP contribution in [0.2, 0.25) is 5.02 Å². The van der Waals surface area contributed by atoms with E-state index in [2.05, 4.69) is 52.1 Å². The summed E-state index contributed by atoms with van der Waals surface area (Å²) < 4.78 is 0. The summed E-state index contributed by atoms with van der Waals surface area (Å²) in [7, 11) is 0. The normalized spacial score (nSPS) is 18.5. The van der Waals surface area contributed by atoms with E-state index < -0.39 is 11.5 Å². The second-order valence-corrected chi connectivity index (χ2v) is 11.5. The van der Waals surface area contributed by atoms with Crippen molar-refractivity contribution in [1.29, 1.82) is 0 Å². The van der Waals surface area contributed by atoms with Crippen LogP contribution in [0, 0.1) is 11.3 Å². The van der Waals surface area contributed by atoms with Crippen molar-refractivity contribution in [1.82, 2.24) is 10.2 Å². The lowest BCUT2D eigenvalue weighted by Crippen LogP contribution is -2.55. The molecule has 2 N–H and O–H groups in total. The van der Waals surface area contributed by atoms with Gasteiger partial charge < -0.3 is 15.3 Å². The van der Waals surface area contributed by atoms with Gasteiger partial charge in [-0.1, -0.05) is 76.6 Å². The van der Waals surface area contributed by atoms with E-state index >= 15 is 0 Å². The van der Waals surface area contributed by atoms with Gasteiger partial charge in [0.05, 0.1) is 11.1 Å². The van der Waals surface area contributed by atoms with Crippen molar-refractivity contribution >= 4 is 23.6 Å². The van der Waals surface area contributed by atoms with Gasteiger partial charge in [0.15, 0.2) is 0 Å². The van der Waals surface area contributed by atoms with Crippen molar-refractivity contribution < 1.29 is 14.7 Å². The van der Waals surface area contributed by atoms with Crippen LogP contribution in [0.3, 0.4) is 0 Å². The Hall–Kier alpha value is -2.79. The number of aromatic carboxylic acids is 1. The van der Waals surface area contributed by atoms with Crippen LogP contribution in [0.4, 0.5) is 4.79 Å². The number of carboxylic acid groups (broad SMARTS) is 1. The van der Waals surface area contributed by atoms with Crippen molar-refractivity contribution in [2.24, 2.45) is 11.3 Å². The van der Waals surface area contributed by atoms with Crippen LogP contribution in [0.1, 0.15) is 75.0 Å². The molecule has 6 heteroatoms. The van der Waals surface area contributed by atoms with Crippen molar-refractivity contribution in [3.8, 4) is 0 Å². The van der Waals surface area contributed by atoms with Crippen molar-refractivity contribution in [2.75, 3.05) is 6.54 Å². The summed E-state index contributed by atoms with van der Waals surface area (Å²) in [5, 5.41) is 13.4. The molecule has 1 aliphatic rings. The van der Waals surface area contributed by atoms with E-state index in [1.807, 2.05) is 25.3 Å². The monoisotopic (exact) mass is 496 g/mol. The number of carbonyl (C=O) groups is 2. The molecule has 0 aliphatic carbocycles. The number of nitrogens with one attached hydrogen (secondary N) is 1. The molecule has 1 heterocycles. The molecule has 35 heavy (non-hydrogen) atoms. The summed E-state index contributed by atoms with van der Waals surface area (Å²) in [4.78, 5) is 26.4. The molecule has 1 aliphatic heterocycles. The summed E-state index contributed by atoms with van der Waals surface area (Å²) in [6.45, 7) is 13.3. The van der Waals surface area contributed by atoms with Crippen LogP contribution < -0.4 is 5.32 Å². The minimum absolute atomic E-state index is 0.175. The number of halogens is 1. The Morgan fingerprint density at radius 3 is 2.40 bits per heavy atom. The Kier molecular flexibility index (Phi) is 8.00. The molecule has 2 aromatic carbocycles. The third-order valence-electron chi connectivity index (χ3n) is 6.76. The number of hydrogen-bond donors (Lipinski definition) is 2. The molecule has 0 unspecified atom stereocenters. The predicted octanol–water partition coefficient (Wildman–Crippen LogP) is 7.04. The van der Waals surface area contributed by atoms with Crippen molar-refractivity contribution in [3.63, 3.8) is 0 Å². The molecule has 0 radical (unpaired) electrons. The lowest BCUT2D eigenvalue weighted by atomic mass is 9.78. The van der Waals surface area contributed by atoms with Crippen molar-refractivity contribution in [3.05, 3.63) is 81.5 Å². The molecule has 1 atom stereocenters. The highest BCUT2D eigenvalue weighted by molar-refractivity contribution is 6.31. The highest BCUT2D eigenvalue weighted by Gasteiger charge is 2.39. The van der Waals surface area contributed by atoms with E-state index in [9.17, 15) is 14.7 Å². The fourth-order valence-corrected chi connectivity index (χ4v) is 4.88. The molecule has 2 aromatic rings. The summed E-state index contributed by atoms with van der Waals surface area (Å²) >= 11 is 6.70. The molecular weight excluding hydrogens is 460 g/mol. The second-order valence-electron chi connectivity index (χ2n) is 11.1. The molecule has 188 valence electrons. The average Bonchev–Trinajstić information content (AvgIpc) is 2.77. The number of carboxylic acids is 1. The van der Waals surface area contributed by atoms with Gasteiger partial charge in [-0.25, -0.2) is 9.59 Å². The Morgan fingerprint density at radius 2 is 1.80 bits per heavy atom. The largest absolute Gasteiger partial charge is 0.478 e. The van der Waals surface area contributed by atoms with Gasteiger partial charge >= 0.3 is 12.0 Å². The first kappa shape index (κ1) is 26.8. The van der Waals surface area contributed by atoms with Crippen LogP contribution in [0.25, 0.3) is 0 Å². The third-order valence-corrected chi connectivity index (χ3v) is 7.11. The van der Waals surface area contributed by atoms with E-state index in [0.717, 1.165) is 34.6 Å². The van der Waals surface area contributed by atoms with Crippen LogP contribution >= 0.6 is 11.6 Å². The lowest BCUT2D eigenvalue weighted by molar-refractivity contribution is 0.0695. The molecule has 0 fully saturated rings. The van der Waals surface area contributed by atoms with Gasteiger partial charge in [-0.2, -0.15) is 0 Å². The molecule has 5 nitrogen and oxygen atoms in total. The van der Waals surface area contributed by atoms with E-state index in [4.69, 9.17) is 11.6 Å². The third kappa shape index (κ3) is 6.26. The van der Waals surface area contributed by atoms with Crippen LogP contribution in [0.15, 0.2) is 54.2 Å². The quantitative estimate of drug-likeness (QED) is 0.411. The van der Waals surface area contributed by atoms with Crippen LogP contribution in [-0.4, -0.2) is 28.6 Å². The molecule has 0 aromatic heterocycles. The fraction of sp³-hybridized carbons (Fsp3) is 0.448. The number of amides is 2. The van der Waals surface area contributed by atoms with Gasteiger partial charge in [-0.05, 0) is 71.9 Å². The summed E-state index contributed by atoms with van der Waals surface area (Å²) in [6, 6.07) is 12.8. The van der Waals surface area contributed by atoms with E-state index in [0.29, 0.717) is 18.5 Å². The molecular formula is C29H37ClN2O3. The fourth-order valence-electron chi connectivity index (χ4n) is 4.60. The standard InChI is InChI=1S/C29H37ClN2O3/c1-19(2)24-18-32(16-14-20-9-7-8-10-23(20)26(33)34)27(35)31-29(24,6)22-12-11-21(25(30)17-22)13-15-28(3,4)5/h7-12,17-19H,13-16H2,1-6H3,(H,31,35)(H,33,34)/t29-/m0/s1. The van der Waals surface area contributed by atoms with E-state index in [1.54, 1.807) is 23.1 Å². The van der Waals surface area contributed by atoms with Gasteiger partial charge in [0.25, 0.3) is 0 Å². The second kappa shape index (κ2) is 10.4. The Morgan fingerprint density at radius 1 is 1.11 bits per heavy atom. The Bertz CT molecular complexity index is 1130. The number of aryl methyl sites for hydroxylation is 1. The zero-order valence-electron chi connectivity index (χ0n) is 21.6. The van der Waals surface area contributed by atoms with Gasteiger partial charge in [0.2, 0.25) is 0 Å². The average molecular weight is 497 g/mol. The van der Waals surface area contributed by atoms with E-state index in [1.165, 1.54) is 0 Å². The van der Waals surface area contributed by atoms with Crippen molar-refractivity contribution in [2.45, 2.75) is 66.3 Å². The number of nitrogens with zero attached hydrogens (tertiary/aromatic N) is 1. The first-order chi connectivity index (χ1) is 16.3. The number of hydrogen-bond acceptors (Lipinski definition) is 2. The predicted molar refractivity (Wildman–Crippen MR) is 142 cm³/mol. The van der Waals surface area contributed by atoms with E-state index in [-0.39, 0.29) is 22.9 Å². The molecule has 0 bridgehead atoms. The van der Waals surface area contributed by atoms with Gasteiger partial charge in [-0.15, -0.1) is 0 Å². The molecule has 0 spiro atoms. The van der Waals surface area contributed by atoms with Gasteiger partial charge in [0, 0.05) is 17.8 Å². The zero-order chi connectivity index (χ0) is 26.0. The smallest absolute Gasteiger partial charge is 0.335 e. The minimum atomic E-state index is -0.961. The Labute approximate surface area is 214 Å². The summed E-state index contributed by atoms with van der Waals surface area (Å²) in [5.41, 5.74) is 3.65.